The molecule has 2 aliphatic heterocycles. The maximum Gasteiger partial charge on any atom is 0.0659 e. The first kappa shape index (κ1) is 14.5. The number of nitrogens with two attached hydrogens (primary N) is 2. The summed E-state index contributed by atoms with van der Waals surface area (Å²) in [5.41, 5.74) is 6.86. The normalized spacial score (nSPS) is 12.6. The molecular formula is C20H16N6. The fourth-order valence-corrected chi connectivity index (χ4v) is 3.15. The Hall–Kier alpha value is -3.80. The molecule has 0 saturated heterocycles. The van der Waals surface area contributed by atoms with E-state index < -0.39 is 0 Å². The standard InChI is InChI=1S/C20H16N6/c21-25-17-5-6-19(25)11-15-3-4-16(24-15)12-20-8-7-18(26(20)22)10-14-2-1-13(9-17)23-14/h1-12H,21-22H2. The predicted octanol–water partition coefficient (Wildman–Crippen LogP) is 3.03. The van der Waals surface area contributed by atoms with Crippen LogP contribution in [-0.4, -0.2) is 19.3 Å². The number of aromatic nitrogens is 4. The van der Waals surface area contributed by atoms with E-state index in [1.54, 1.807) is 9.35 Å². The van der Waals surface area contributed by atoms with Crippen LogP contribution >= 0.6 is 0 Å². The largest absolute Gasteiger partial charge is 0.339 e. The minimum absolute atomic E-state index is 0.843. The van der Waals surface area contributed by atoms with Crippen molar-refractivity contribution < 1.29 is 0 Å². The van der Waals surface area contributed by atoms with Crippen molar-refractivity contribution >= 4 is 46.4 Å². The van der Waals surface area contributed by atoms with Gasteiger partial charge in [0.2, 0.25) is 0 Å². The average Bonchev–Trinajstić information content (AvgIpc) is 3.39. The summed E-state index contributed by atoms with van der Waals surface area (Å²) < 4.78 is 3.27. The van der Waals surface area contributed by atoms with Gasteiger partial charge in [-0.15, -0.1) is 0 Å². The maximum atomic E-state index is 6.23. The van der Waals surface area contributed by atoms with Crippen LogP contribution in [0.1, 0.15) is 22.8 Å². The fourth-order valence-electron chi connectivity index (χ4n) is 3.15. The summed E-state index contributed by atoms with van der Waals surface area (Å²) >= 11 is 0. The lowest BCUT2D eigenvalue weighted by Gasteiger charge is -1.96. The second-order valence-electron chi connectivity index (χ2n) is 6.27. The van der Waals surface area contributed by atoms with E-state index in [1.165, 1.54) is 0 Å². The molecule has 0 aromatic carbocycles. The van der Waals surface area contributed by atoms with E-state index in [4.69, 9.17) is 11.7 Å². The third-order valence-corrected chi connectivity index (χ3v) is 4.51. The van der Waals surface area contributed by atoms with Gasteiger partial charge in [-0.1, -0.05) is 0 Å². The third-order valence-electron chi connectivity index (χ3n) is 4.51. The molecule has 8 bridgehead atoms. The number of nitrogen functional groups attached to an aromatic ring is 2. The Morgan fingerprint density at radius 1 is 0.500 bits per heavy atom. The smallest absolute Gasteiger partial charge is 0.0659 e. The number of rotatable bonds is 0. The SMILES string of the molecule is Nn1c2ccc1cc1nc(cc3ccc(cc4nc(c2)C=C4)n3N)C=C1. The first-order valence-electron chi connectivity index (χ1n) is 8.26. The molecule has 0 atom stereocenters. The summed E-state index contributed by atoms with van der Waals surface area (Å²) in [6.45, 7) is 0. The highest BCUT2D eigenvalue weighted by Crippen LogP contribution is 2.18. The van der Waals surface area contributed by atoms with Crippen LogP contribution in [0.25, 0.3) is 46.4 Å². The molecule has 0 saturated carbocycles. The molecule has 0 fully saturated rings. The lowest BCUT2D eigenvalue weighted by atomic mass is 10.3. The van der Waals surface area contributed by atoms with Gasteiger partial charge in [0.15, 0.2) is 0 Å². The van der Waals surface area contributed by atoms with E-state index in [2.05, 4.69) is 9.97 Å². The van der Waals surface area contributed by atoms with Crippen molar-refractivity contribution in [2.45, 2.75) is 0 Å². The van der Waals surface area contributed by atoms with E-state index in [-0.39, 0.29) is 0 Å². The highest BCUT2D eigenvalue weighted by atomic mass is 15.3. The van der Waals surface area contributed by atoms with Crippen molar-refractivity contribution in [2.75, 3.05) is 11.7 Å². The molecule has 0 unspecified atom stereocenters. The molecule has 0 aliphatic carbocycles. The molecule has 0 radical (unpaired) electrons. The molecule has 126 valence electrons. The van der Waals surface area contributed by atoms with Gasteiger partial charge in [-0.05, 0) is 72.8 Å². The highest BCUT2D eigenvalue weighted by molar-refractivity contribution is 5.78. The summed E-state index contributed by atoms with van der Waals surface area (Å²) in [7, 11) is 0. The number of hydrogen-bond donors (Lipinski definition) is 2. The van der Waals surface area contributed by atoms with Crippen LogP contribution in [0.2, 0.25) is 0 Å². The van der Waals surface area contributed by atoms with Gasteiger partial charge in [0.05, 0.1) is 44.8 Å². The van der Waals surface area contributed by atoms with Gasteiger partial charge in [0, 0.05) is 0 Å². The zero-order valence-corrected chi connectivity index (χ0v) is 13.9. The van der Waals surface area contributed by atoms with Crippen LogP contribution in [0.15, 0.2) is 48.5 Å². The van der Waals surface area contributed by atoms with Crippen molar-refractivity contribution in [3.63, 3.8) is 0 Å². The fraction of sp³-hybridized carbons (Fsp3) is 0. The number of nitrogens with zero attached hydrogens (tertiary/aromatic N) is 4. The van der Waals surface area contributed by atoms with Crippen LogP contribution in [0.4, 0.5) is 0 Å². The van der Waals surface area contributed by atoms with Gasteiger partial charge in [0.1, 0.15) is 0 Å². The lowest BCUT2D eigenvalue weighted by molar-refractivity contribution is 1.11. The highest BCUT2D eigenvalue weighted by Gasteiger charge is 2.04. The van der Waals surface area contributed by atoms with E-state index in [9.17, 15) is 0 Å². The number of fused-ring (bicyclic) bond motifs is 8. The zero-order chi connectivity index (χ0) is 17.7. The Bertz CT molecular complexity index is 1070. The molecule has 4 N–H and O–H groups in total. The molecule has 26 heavy (non-hydrogen) atoms. The predicted molar refractivity (Wildman–Crippen MR) is 106 cm³/mol. The Balaban J connectivity index is 1.91. The van der Waals surface area contributed by atoms with Crippen LogP contribution in [-0.2, 0) is 0 Å². The Labute approximate surface area is 149 Å². The lowest BCUT2D eigenvalue weighted by Crippen LogP contribution is -2.06. The molecule has 2 aliphatic rings. The molecule has 6 nitrogen and oxygen atoms in total. The first-order chi connectivity index (χ1) is 12.7. The van der Waals surface area contributed by atoms with Gasteiger partial charge in [0.25, 0.3) is 0 Å². The van der Waals surface area contributed by atoms with Crippen molar-refractivity contribution in [1.29, 1.82) is 0 Å². The molecule has 6 heteroatoms. The Morgan fingerprint density at radius 3 is 1.04 bits per heavy atom. The summed E-state index contributed by atoms with van der Waals surface area (Å²) in [5, 5.41) is 0. The van der Waals surface area contributed by atoms with Crippen molar-refractivity contribution in [2.24, 2.45) is 0 Å². The third kappa shape index (κ3) is 2.36. The summed E-state index contributed by atoms with van der Waals surface area (Å²) in [6, 6.07) is 15.7. The topological polar surface area (TPSA) is 87.7 Å². The van der Waals surface area contributed by atoms with E-state index in [0.717, 1.165) is 44.8 Å². The van der Waals surface area contributed by atoms with Crippen LogP contribution in [0.3, 0.4) is 0 Å². The molecule has 0 amide bonds. The second kappa shape index (κ2) is 5.35. The van der Waals surface area contributed by atoms with Gasteiger partial charge < -0.3 is 11.7 Å². The molecule has 3 aromatic rings. The van der Waals surface area contributed by atoms with Crippen molar-refractivity contribution in [3.8, 4) is 0 Å². The summed E-state index contributed by atoms with van der Waals surface area (Å²) in [6.07, 6.45) is 7.84. The molecule has 5 heterocycles. The quantitative estimate of drug-likeness (QED) is 0.424. The number of hydrogen-bond acceptors (Lipinski definition) is 4. The van der Waals surface area contributed by atoms with Gasteiger partial charge in [-0.25, -0.2) is 9.97 Å². The van der Waals surface area contributed by atoms with E-state index in [0.29, 0.717) is 0 Å². The van der Waals surface area contributed by atoms with Crippen LogP contribution in [0, 0.1) is 0 Å². The van der Waals surface area contributed by atoms with E-state index in [1.807, 2.05) is 72.8 Å². The van der Waals surface area contributed by atoms with Gasteiger partial charge >= 0.3 is 0 Å². The Morgan fingerprint density at radius 2 is 0.769 bits per heavy atom. The van der Waals surface area contributed by atoms with E-state index >= 15 is 0 Å². The van der Waals surface area contributed by atoms with Gasteiger partial charge in [-0.3, -0.25) is 9.35 Å². The maximum absolute atomic E-state index is 6.23. The van der Waals surface area contributed by atoms with Crippen molar-refractivity contribution in [3.05, 3.63) is 71.3 Å². The zero-order valence-electron chi connectivity index (χ0n) is 13.9. The summed E-state index contributed by atoms with van der Waals surface area (Å²) in [5.74, 6) is 12.5. The molecule has 3 aromatic heterocycles. The Kier molecular flexibility index (Phi) is 2.99. The second-order valence-corrected chi connectivity index (χ2v) is 6.27. The summed E-state index contributed by atoms with van der Waals surface area (Å²) in [4.78, 5) is 9.24. The van der Waals surface area contributed by atoms with Crippen LogP contribution < -0.4 is 11.7 Å². The minimum atomic E-state index is 0.843. The van der Waals surface area contributed by atoms with Crippen LogP contribution in [0.5, 0.6) is 0 Å². The minimum Gasteiger partial charge on any atom is -0.339 e. The molecule has 5 rings (SSSR count). The molecular weight excluding hydrogens is 324 g/mol. The van der Waals surface area contributed by atoms with Crippen molar-refractivity contribution in [1.82, 2.24) is 19.3 Å². The monoisotopic (exact) mass is 340 g/mol. The first-order valence-corrected chi connectivity index (χ1v) is 8.26. The molecule has 0 spiro atoms. The van der Waals surface area contributed by atoms with Gasteiger partial charge in [-0.2, -0.15) is 0 Å². The average molecular weight is 340 g/mol.